The number of pyridine rings is 7. The van der Waals surface area contributed by atoms with Crippen LogP contribution < -0.4 is 5.46 Å². The van der Waals surface area contributed by atoms with Crippen molar-refractivity contribution in [3.05, 3.63) is 197 Å². The third-order valence-corrected chi connectivity index (χ3v) is 13.2. The maximum Gasteiger partial charge on any atom is 0.496 e. The number of methoxy groups -OCH3 is 3. The lowest BCUT2D eigenvalue weighted by atomic mass is 9.80. The average molecular weight is 1370 g/mol. The molecule has 0 N–H and O–H groups in total. The summed E-state index contributed by atoms with van der Waals surface area (Å²) in [6, 6.07) is 26.5. The van der Waals surface area contributed by atoms with Crippen molar-refractivity contribution in [2.24, 2.45) is 0 Å². The largest absolute Gasteiger partial charge is 0.496 e. The normalized spacial score (nSPS) is 12.2. The van der Waals surface area contributed by atoms with Gasteiger partial charge in [0, 0.05) is 94.6 Å². The summed E-state index contributed by atoms with van der Waals surface area (Å²) in [5.41, 5.74) is 8.10. The van der Waals surface area contributed by atoms with Crippen molar-refractivity contribution in [2.75, 3.05) is 21.3 Å². The third-order valence-electron chi connectivity index (χ3n) is 10.8. The predicted octanol–water partition coefficient (Wildman–Crippen LogP) is 12.0. The number of alkyl halides is 1. The molecular formula is C55H58BBr5N8O8. The molecule has 0 saturated carbocycles. The lowest BCUT2D eigenvalue weighted by Crippen LogP contribution is -2.41. The number of carbonyl (C=O) groups is 3. The van der Waals surface area contributed by atoms with Gasteiger partial charge in [0.1, 0.15) is 5.69 Å². The zero-order chi connectivity index (χ0) is 57.0. The first kappa shape index (κ1) is 65.6. The van der Waals surface area contributed by atoms with E-state index in [0.29, 0.717) is 23.6 Å². The quantitative estimate of drug-likeness (QED) is 0.0413. The molecule has 0 aliphatic carbocycles. The molecule has 0 aromatic carbocycles. The summed E-state index contributed by atoms with van der Waals surface area (Å²) in [7, 11) is 3.66. The number of aromatic nitrogens is 7. The molecule has 8 rings (SSSR count). The molecule has 7 aromatic rings. The minimum atomic E-state index is -0.431. The molecule has 77 heavy (non-hydrogen) atoms. The fraction of sp³-hybridized carbons (Fsp3) is 0.291. The fourth-order valence-corrected chi connectivity index (χ4v) is 7.09. The van der Waals surface area contributed by atoms with Crippen LogP contribution in [0.2, 0.25) is 0 Å². The predicted molar refractivity (Wildman–Crippen MR) is 315 cm³/mol. The maximum absolute atomic E-state index is 11.2. The Bertz CT molecular complexity index is 2900. The molecule has 0 bridgehead atoms. The second kappa shape index (κ2) is 34.3. The van der Waals surface area contributed by atoms with E-state index in [4.69, 9.17) is 15.9 Å². The Morgan fingerprint density at radius 2 is 0.961 bits per heavy atom. The Morgan fingerprint density at radius 1 is 0.545 bits per heavy atom. The van der Waals surface area contributed by atoms with Gasteiger partial charge in [-0.2, -0.15) is 0 Å². The van der Waals surface area contributed by atoms with E-state index in [9.17, 15) is 14.4 Å². The van der Waals surface area contributed by atoms with E-state index < -0.39 is 7.12 Å². The molecule has 16 nitrogen and oxygen atoms in total. The SMILES string of the molecule is BrCc1ccc(Br)cn1.COC(=O)Cc1ccc(-c2cccnc2C)cn1.COC(=O)Cc1ccc(B2OC(C)(C)C(C)(C)O2)cn1.COC(=O)Cc1ccc(Br)cn1.Cc1ccc(Br)cn1.[C-]#[N+]Cc1ccc(Br)cn1. The molecule has 1 fully saturated rings. The van der Waals surface area contributed by atoms with Gasteiger partial charge in [-0.25, -0.2) is 6.57 Å². The fourth-order valence-electron chi connectivity index (χ4n) is 5.82. The Balaban J connectivity index is 0.000000251. The van der Waals surface area contributed by atoms with Crippen LogP contribution in [0.15, 0.2) is 146 Å². The minimum Gasteiger partial charge on any atom is -0.469 e. The number of halogens is 5. The Morgan fingerprint density at radius 3 is 1.31 bits per heavy atom. The summed E-state index contributed by atoms with van der Waals surface area (Å²) in [6.45, 7) is 18.9. The number of esters is 3. The molecule has 22 heteroatoms. The van der Waals surface area contributed by atoms with E-state index in [-0.39, 0.29) is 48.4 Å². The first-order valence-corrected chi connectivity index (χ1v) is 27.6. The second-order valence-corrected chi connectivity index (χ2v) is 21.3. The van der Waals surface area contributed by atoms with Gasteiger partial charge in [0.2, 0.25) is 0 Å². The molecule has 8 heterocycles. The topological polar surface area (TPSA) is 192 Å². The highest BCUT2D eigenvalue weighted by Crippen LogP contribution is 2.36. The van der Waals surface area contributed by atoms with Gasteiger partial charge < -0.3 is 28.4 Å². The van der Waals surface area contributed by atoms with Crippen LogP contribution in [0, 0.1) is 20.4 Å². The highest BCUT2D eigenvalue weighted by molar-refractivity contribution is 9.11. The van der Waals surface area contributed by atoms with Gasteiger partial charge in [0.15, 0.2) is 0 Å². The van der Waals surface area contributed by atoms with Gasteiger partial charge in [-0.1, -0.05) is 34.1 Å². The van der Waals surface area contributed by atoms with Crippen molar-refractivity contribution in [1.82, 2.24) is 34.9 Å². The molecule has 0 amide bonds. The number of carbonyl (C=O) groups excluding carboxylic acids is 3. The van der Waals surface area contributed by atoms with Crippen LogP contribution >= 0.6 is 79.6 Å². The highest BCUT2D eigenvalue weighted by atomic mass is 79.9. The second-order valence-electron chi connectivity index (χ2n) is 17.1. The van der Waals surface area contributed by atoms with Gasteiger partial charge in [0.05, 0.1) is 74.6 Å². The van der Waals surface area contributed by atoms with Crippen LogP contribution in [0.1, 0.15) is 67.6 Å². The van der Waals surface area contributed by atoms with Crippen LogP contribution in [0.25, 0.3) is 16.0 Å². The standard InChI is InChI=1S/C14H20BNO4.C14H14N2O2.C8H8BrNO2.C7H5BrN2.C6H5Br2N.C6H6BrN/c1-13(2)14(3,4)20-15(19-13)10-6-7-11(16-9-10)8-12(17)18-5;1-10-13(4-3-7-15-10)11-5-6-12(16-9-11)8-14(17)18-2;1-12-8(11)4-7-3-2-6(9)5-10-7;1-9-5-7-3-2-6(8)4-10-7;7-3-6-2-1-5(8)4-9-6;1-5-2-3-6(7)4-8-5/h6-7,9H,8H2,1-5H3;3-7,9H,8H2,1-2H3;2-3,5H,4H2,1H3;2-4H,5H2;1-2,4H,3H2;2-4H,1H3. The van der Waals surface area contributed by atoms with Gasteiger partial charge in [0.25, 0.3) is 6.54 Å². The van der Waals surface area contributed by atoms with E-state index >= 15 is 0 Å². The molecule has 0 spiro atoms. The highest BCUT2D eigenvalue weighted by Gasteiger charge is 2.51. The lowest BCUT2D eigenvalue weighted by molar-refractivity contribution is -0.140. The summed E-state index contributed by atoms with van der Waals surface area (Å²) in [5, 5.41) is 0.820. The third kappa shape index (κ3) is 24.7. The summed E-state index contributed by atoms with van der Waals surface area (Å²) in [4.78, 5) is 65.2. The Labute approximate surface area is 493 Å². The zero-order valence-electron chi connectivity index (χ0n) is 44.0. The van der Waals surface area contributed by atoms with E-state index in [1.165, 1.54) is 21.3 Å². The van der Waals surface area contributed by atoms with Crippen LogP contribution in [-0.2, 0) is 69.0 Å². The molecule has 1 saturated heterocycles. The maximum atomic E-state index is 11.2. The van der Waals surface area contributed by atoms with Crippen LogP contribution in [-0.4, -0.2) is 92.4 Å². The number of hydrogen-bond donors (Lipinski definition) is 0. The van der Waals surface area contributed by atoms with Crippen LogP contribution in [0.4, 0.5) is 0 Å². The summed E-state index contributed by atoms with van der Waals surface area (Å²) in [6.07, 6.45) is 12.7. The van der Waals surface area contributed by atoms with Crippen LogP contribution in [0.3, 0.4) is 0 Å². The number of hydrogen-bond acceptors (Lipinski definition) is 15. The molecule has 404 valence electrons. The van der Waals surface area contributed by atoms with Crippen molar-refractivity contribution in [3.63, 3.8) is 0 Å². The van der Waals surface area contributed by atoms with Crippen molar-refractivity contribution in [3.8, 4) is 11.1 Å². The molecule has 1 aliphatic heterocycles. The summed E-state index contributed by atoms with van der Waals surface area (Å²) < 4.78 is 29.5. The monoisotopic (exact) mass is 1360 g/mol. The van der Waals surface area contributed by atoms with Gasteiger partial charge in [-0.3, -0.25) is 49.3 Å². The average Bonchev–Trinajstić information content (AvgIpc) is 3.65. The summed E-state index contributed by atoms with van der Waals surface area (Å²) >= 11 is 16.4. The van der Waals surface area contributed by atoms with Crippen molar-refractivity contribution in [2.45, 2.75) is 83.9 Å². The van der Waals surface area contributed by atoms with Crippen molar-refractivity contribution in [1.29, 1.82) is 0 Å². The minimum absolute atomic E-state index is 0.167. The molecule has 1 aliphatic rings. The Kier molecular flexibility index (Phi) is 29.2. The lowest BCUT2D eigenvalue weighted by Gasteiger charge is -2.32. The Hall–Kier alpha value is -5.67. The van der Waals surface area contributed by atoms with E-state index in [2.05, 4.69) is 134 Å². The number of nitrogens with zero attached hydrogens (tertiary/aromatic N) is 8. The van der Waals surface area contributed by atoms with Gasteiger partial charge >= 0.3 is 25.0 Å². The number of ether oxygens (including phenoxy) is 3. The number of aryl methyl sites for hydroxylation is 2. The smallest absolute Gasteiger partial charge is 0.469 e. The zero-order valence-corrected chi connectivity index (χ0v) is 51.9. The van der Waals surface area contributed by atoms with E-state index in [1.54, 1.807) is 55.5 Å². The molecular weight excluding hydrogens is 1310 g/mol. The molecule has 0 unspecified atom stereocenters. The van der Waals surface area contributed by atoms with Gasteiger partial charge in [-0.15, -0.1) is 0 Å². The molecule has 0 atom stereocenters. The summed E-state index contributed by atoms with van der Waals surface area (Å²) in [5.74, 6) is -0.862. The van der Waals surface area contributed by atoms with Crippen molar-refractivity contribution < 1.29 is 37.9 Å². The van der Waals surface area contributed by atoms with E-state index in [1.807, 2.05) is 114 Å². The van der Waals surface area contributed by atoms with Crippen LogP contribution in [0.5, 0.6) is 0 Å². The van der Waals surface area contributed by atoms with E-state index in [0.717, 1.165) is 62.6 Å². The van der Waals surface area contributed by atoms with Crippen molar-refractivity contribution >= 4 is 110 Å². The van der Waals surface area contributed by atoms with Gasteiger partial charge in [-0.05, 0) is 172 Å². The first-order valence-electron chi connectivity index (χ1n) is 23.3. The molecule has 7 aromatic heterocycles. The number of rotatable bonds is 10. The molecule has 0 radical (unpaired) electrons. The first-order chi connectivity index (χ1) is 36.6.